The van der Waals surface area contributed by atoms with Crippen LogP contribution in [0.1, 0.15) is 11.9 Å². The maximum Gasteiger partial charge on any atom is 0.330 e. The maximum absolute atomic E-state index is 11.8. The van der Waals surface area contributed by atoms with Gasteiger partial charge in [-0.15, -0.1) is 0 Å². The van der Waals surface area contributed by atoms with Crippen molar-refractivity contribution >= 4 is 0 Å². The van der Waals surface area contributed by atoms with Crippen LogP contribution in [0.4, 0.5) is 0 Å². The molecule has 1 unspecified atom stereocenters. The van der Waals surface area contributed by atoms with Gasteiger partial charge >= 0.3 is 5.69 Å². The zero-order chi connectivity index (χ0) is 13.7. The van der Waals surface area contributed by atoms with Crippen molar-refractivity contribution in [1.82, 2.24) is 9.55 Å². The molecule has 3 heterocycles. The van der Waals surface area contributed by atoms with Crippen LogP contribution in [0.25, 0.3) is 0 Å². The quantitative estimate of drug-likeness (QED) is 0.395. The SMILES string of the molecule is O=c1cc2n(c(=O)[nH]1)[C@@H]1O[C@H](C(O)OC2)[C@@H](O)[C@H]1O. The van der Waals surface area contributed by atoms with Crippen LogP contribution in [0.2, 0.25) is 0 Å². The minimum Gasteiger partial charge on any atom is -0.387 e. The molecule has 1 fully saturated rings. The standard InChI is InChI=1S/C10H12N2O7/c13-4-1-3-2-18-9(16)7-5(14)6(15)8(19-7)12(3)10(17)11-4/h1,5-9,14-16H,2H2,(H,11,13,17)/t5-,6+,7-,8+,9?/m0/s1. The fourth-order valence-electron chi connectivity index (χ4n) is 2.34. The summed E-state index contributed by atoms with van der Waals surface area (Å²) in [4.78, 5) is 25.1. The van der Waals surface area contributed by atoms with Gasteiger partial charge in [-0.1, -0.05) is 0 Å². The molecule has 0 spiro atoms. The highest BCUT2D eigenvalue weighted by atomic mass is 16.7. The number of rotatable bonds is 0. The van der Waals surface area contributed by atoms with Crippen molar-refractivity contribution in [1.29, 1.82) is 0 Å². The van der Waals surface area contributed by atoms with Gasteiger partial charge < -0.3 is 24.8 Å². The smallest absolute Gasteiger partial charge is 0.330 e. The van der Waals surface area contributed by atoms with Gasteiger partial charge in [0.25, 0.3) is 5.56 Å². The lowest BCUT2D eigenvalue weighted by atomic mass is 10.1. The van der Waals surface area contributed by atoms with Crippen molar-refractivity contribution in [3.05, 3.63) is 32.6 Å². The number of aromatic amines is 1. The highest BCUT2D eigenvalue weighted by Gasteiger charge is 2.49. The average Bonchev–Trinajstić information content (AvgIpc) is 2.63. The number of H-pyrrole nitrogens is 1. The van der Waals surface area contributed by atoms with Crippen LogP contribution in [0, 0.1) is 0 Å². The van der Waals surface area contributed by atoms with Crippen molar-refractivity contribution in [2.45, 2.75) is 37.4 Å². The molecular formula is C10H12N2O7. The summed E-state index contributed by atoms with van der Waals surface area (Å²) >= 11 is 0. The van der Waals surface area contributed by atoms with E-state index in [1.165, 1.54) is 0 Å². The van der Waals surface area contributed by atoms with Crippen LogP contribution in [0.5, 0.6) is 0 Å². The predicted octanol–water partition coefficient (Wildman–Crippen LogP) is -3.00. The molecule has 3 rings (SSSR count). The minimum absolute atomic E-state index is 0.143. The van der Waals surface area contributed by atoms with E-state index in [0.717, 1.165) is 10.6 Å². The van der Waals surface area contributed by atoms with Crippen LogP contribution in [-0.4, -0.2) is 49.5 Å². The third-order valence-electron chi connectivity index (χ3n) is 3.27. The van der Waals surface area contributed by atoms with E-state index in [4.69, 9.17) is 9.47 Å². The molecule has 0 aliphatic carbocycles. The third kappa shape index (κ3) is 1.83. The summed E-state index contributed by atoms with van der Waals surface area (Å²) in [6.45, 7) is -0.212. The number of aliphatic hydroxyl groups excluding tert-OH is 3. The van der Waals surface area contributed by atoms with Crippen molar-refractivity contribution in [3.8, 4) is 0 Å². The Morgan fingerprint density at radius 1 is 1.26 bits per heavy atom. The Balaban J connectivity index is 2.18. The van der Waals surface area contributed by atoms with Crippen LogP contribution >= 0.6 is 0 Å². The molecule has 0 amide bonds. The molecule has 2 aliphatic rings. The molecule has 1 aromatic rings. The van der Waals surface area contributed by atoms with Crippen molar-refractivity contribution in [2.75, 3.05) is 0 Å². The molecule has 4 N–H and O–H groups in total. The van der Waals surface area contributed by atoms with Crippen LogP contribution in [-0.2, 0) is 16.1 Å². The van der Waals surface area contributed by atoms with Gasteiger partial charge in [0.2, 0.25) is 0 Å². The minimum atomic E-state index is -1.46. The van der Waals surface area contributed by atoms with Gasteiger partial charge in [0.1, 0.15) is 18.3 Å². The van der Waals surface area contributed by atoms with E-state index < -0.39 is 42.1 Å². The fourth-order valence-corrected chi connectivity index (χ4v) is 2.34. The average molecular weight is 272 g/mol. The lowest BCUT2D eigenvalue weighted by Gasteiger charge is -2.25. The van der Waals surface area contributed by atoms with Gasteiger partial charge in [-0.2, -0.15) is 0 Å². The molecular weight excluding hydrogens is 260 g/mol. The summed E-state index contributed by atoms with van der Waals surface area (Å²) in [5, 5.41) is 29.3. The summed E-state index contributed by atoms with van der Waals surface area (Å²) in [6.07, 6.45) is -6.61. The highest BCUT2D eigenvalue weighted by molar-refractivity contribution is 5.05. The maximum atomic E-state index is 11.8. The molecule has 9 heteroatoms. The van der Waals surface area contributed by atoms with Gasteiger partial charge in [-0.3, -0.25) is 14.3 Å². The lowest BCUT2D eigenvalue weighted by molar-refractivity contribution is -0.210. The first kappa shape index (κ1) is 12.5. The largest absolute Gasteiger partial charge is 0.387 e. The molecule has 9 nitrogen and oxygen atoms in total. The van der Waals surface area contributed by atoms with Gasteiger partial charge in [0, 0.05) is 6.07 Å². The van der Waals surface area contributed by atoms with Crippen molar-refractivity contribution in [3.63, 3.8) is 0 Å². The van der Waals surface area contributed by atoms with E-state index in [9.17, 15) is 24.9 Å². The number of hydrogen-bond donors (Lipinski definition) is 4. The first-order valence-corrected chi connectivity index (χ1v) is 5.65. The molecule has 5 atom stereocenters. The predicted molar refractivity (Wildman–Crippen MR) is 58.0 cm³/mol. The second-order valence-corrected chi connectivity index (χ2v) is 4.47. The number of hydrogen-bond acceptors (Lipinski definition) is 7. The van der Waals surface area contributed by atoms with E-state index in [1.807, 2.05) is 4.98 Å². The molecule has 1 saturated heterocycles. The Hall–Kier alpha value is -1.52. The normalized spacial score (nSPS) is 37.5. The van der Waals surface area contributed by atoms with Crippen molar-refractivity contribution < 1.29 is 24.8 Å². The Labute approximate surface area is 105 Å². The number of aromatic nitrogens is 2. The van der Waals surface area contributed by atoms with Crippen LogP contribution < -0.4 is 11.2 Å². The first-order valence-electron chi connectivity index (χ1n) is 5.65. The lowest BCUT2D eigenvalue weighted by Crippen LogP contribution is -2.40. The zero-order valence-electron chi connectivity index (χ0n) is 9.59. The molecule has 2 aliphatic heterocycles. The number of nitrogens with one attached hydrogen (secondary N) is 1. The van der Waals surface area contributed by atoms with E-state index in [1.54, 1.807) is 0 Å². The number of fused-ring (bicyclic) bond motifs is 4. The van der Waals surface area contributed by atoms with Gasteiger partial charge in [-0.05, 0) is 0 Å². The van der Waals surface area contributed by atoms with E-state index in [2.05, 4.69) is 0 Å². The third-order valence-corrected chi connectivity index (χ3v) is 3.27. The molecule has 2 bridgehead atoms. The highest BCUT2D eigenvalue weighted by Crippen LogP contribution is 2.33. The van der Waals surface area contributed by atoms with Crippen molar-refractivity contribution in [2.24, 2.45) is 0 Å². The second kappa shape index (κ2) is 4.25. The fraction of sp³-hybridized carbons (Fsp3) is 0.600. The summed E-state index contributed by atoms with van der Waals surface area (Å²) in [5.41, 5.74) is -1.26. The molecule has 0 radical (unpaired) electrons. The van der Waals surface area contributed by atoms with Crippen LogP contribution in [0.15, 0.2) is 15.7 Å². The molecule has 0 aromatic carbocycles. The number of ether oxygens (including phenoxy) is 2. The second-order valence-electron chi connectivity index (χ2n) is 4.47. The Bertz CT molecular complexity index is 609. The molecule has 1 aromatic heterocycles. The molecule has 19 heavy (non-hydrogen) atoms. The summed E-state index contributed by atoms with van der Waals surface area (Å²) in [6, 6.07) is 1.11. The zero-order valence-corrected chi connectivity index (χ0v) is 9.59. The first-order chi connectivity index (χ1) is 8.99. The summed E-state index contributed by atoms with van der Waals surface area (Å²) < 4.78 is 11.3. The van der Waals surface area contributed by atoms with Gasteiger partial charge in [0.05, 0.1) is 12.3 Å². The molecule has 104 valence electrons. The topological polar surface area (TPSA) is 134 Å². The number of aliphatic hydroxyl groups is 3. The summed E-state index contributed by atoms with van der Waals surface area (Å²) in [5.74, 6) is 0. The molecule has 0 saturated carbocycles. The van der Waals surface area contributed by atoms with Gasteiger partial charge in [-0.25, -0.2) is 4.79 Å². The van der Waals surface area contributed by atoms with E-state index >= 15 is 0 Å². The Morgan fingerprint density at radius 2 is 2.00 bits per heavy atom. The van der Waals surface area contributed by atoms with E-state index in [-0.39, 0.29) is 12.3 Å². The monoisotopic (exact) mass is 272 g/mol. The Morgan fingerprint density at radius 3 is 2.74 bits per heavy atom. The Kier molecular flexibility index (Phi) is 2.80. The number of nitrogens with zero attached hydrogens (tertiary/aromatic N) is 1. The van der Waals surface area contributed by atoms with Crippen LogP contribution in [0.3, 0.4) is 0 Å². The summed E-state index contributed by atoms with van der Waals surface area (Å²) in [7, 11) is 0. The van der Waals surface area contributed by atoms with Gasteiger partial charge in [0.15, 0.2) is 12.5 Å². The van der Waals surface area contributed by atoms with E-state index in [0.29, 0.717) is 0 Å².